The van der Waals surface area contributed by atoms with Gasteiger partial charge in [-0.1, -0.05) is 0 Å². The molecule has 0 aliphatic heterocycles. The van der Waals surface area contributed by atoms with Crippen LogP contribution >= 0.6 is 27.3 Å². The molecule has 0 aliphatic rings. The van der Waals surface area contributed by atoms with Gasteiger partial charge in [-0.3, -0.25) is 4.79 Å². The van der Waals surface area contributed by atoms with Crippen molar-refractivity contribution in [3.63, 3.8) is 0 Å². The molecule has 2 heterocycles. The molecule has 3 N–H and O–H groups in total. The summed E-state index contributed by atoms with van der Waals surface area (Å²) in [5, 5.41) is 5.41. The zero-order valence-corrected chi connectivity index (χ0v) is 12.7. The number of thiazole rings is 1. The van der Waals surface area contributed by atoms with Gasteiger partial charge < -0.3 is 11.1 Å². The van der Waals surface area contributed by atoms with E-state index in [1.54, 1.807) is 17.5 Å². The molecule has 0 atom stereocenters. The number of hydrogen-bond acceptors (Lipinski definition) is 5. The van der Waals surface area contributed by atoms with Crippen LogP contribution in [-0.4, -0.2) is 22.4 Å². The average molecular weight is 341 g/mol. The quantitative estimate of drug-likeness (QED) is 0.837. The summed E-state index contributed by atoms with van der Waals surface area (Å²) in [6.45, 7) is 2.37. The van der Waals surface area contributed by atoms with Crippen molar-refractivity contribution in [2.24, 2.45) is 5.73 Å². The van der Waals surface area contributed by atoms with Gasteiger partial charge in [-0.2, -0.15) is 0 Å². The highest BCUT2D eigenvalue weighted by Gasteiger charge is 2.12. The van der Waals surface area contributed by atoms with Crippen molar-refractivity contribution in [3.05, 3.63) is 38.5 Å². The van der Waals surface area contributed by atoms with Crippen LogP contribution in [0.2, 0.25) is 0 Å². The molecule has 0 spiro atoms. The van der Waals surface area contributed by atoms with Crippen LogP contribution in [0, 0.1) is 6.92 Å². The molecule has 0 unspecified atom stereocenters. The summed E-state index contributed by atoms with van der Waals surface area (Å²) < 4.78 is 0.738. The number of anilines is 1. The van der Waals surface area contributed by atoms with Crippen LogP contribution < -0.4 is 11.1 Å². The molecule has 0 saturated heterocycles. The molecule has 2 aromatic heterocycles. The van der Waals surface area contributed by atoms with Gasteiger partial charge in [0.2, 0.25) is 0 Å². The van der Waals surface area contributed by atoms with Crippen molar-refractivity contribution in [3.8, 4) is 0 Å². The molecule has 0 fully saturated rings. The van der Waals surface area contributed by atoms with Crippen LogP contribution in [0.3, 0.4) is 0 Å². The summed E-state index contributed by atoms with van der Waals surface area (Å²) in [6, 6.07) is 3.58. The number of amides is 1. The Labute approximate surface area is 123 Å². The highest BCUT2D eigenvalue weighted by Crippen LogP contribution is 2.18. The average Bonchev–Trinajstić information content (AvgIpc) is 2.82. The maximum Gasteiger partial charge on any atom is 0.275 e. The van der Waals surface area contributed by atoms with E-state index in [2.05, 4.69) is 31.2 Å². The van der Waals surface area contributed by atoms with E-state index in [1.165, 1.54) is 11.3 Å². The third-order valence-electron chi connectivity index (χ3n) is 2.44. The van der Waals surface area contributed by atoms with E-state index in [9.17, 15) is 4.79 Å². The summed E-state index contributed by atoms with van der Waals surface area (Å²) in [6.07, 6.45) is 0.691. The minimum Gasteiger partial charge on any atom is -0.330 e. The number of nitrogens with zero attached hydrogens (tertiary/aromatic N) is 2. The maximum atomic E-state index is 12.0. The molecule has 5 nitrogen and oxygen atoms in total. The molecular formula is C12H13BrN4OS. The number of aryl methyl sites for hydroxylation is 1. The lowest BCUT2D eigenvalue weighted by molar-refractivity contribution is 0.102. The van der Waals surface area contributed by atoms with E-state index >= 15 is 0 Å². The first-order valence-electron chi connectivity index (χ1n) is 5.69. The van der Waals surface area contributed by atoms with Gasteiger partial charge in [0.1, 0.15) is 10.3 Å². The lowest BCUT2D eigenvalue weighted by Crippen LogP contribution is -2.14. The van der Waals surface area contributed by atoms with Gasteiger partial charge in [-0.15, -0.1) is 11.3 Å². The van der Waals surface area contributed by atoms with Crippen molar-refractivity contribution in [1.82, 2.24) is 9.97 Å². The highest BCUT2D eigenvalue weighted by molar-refractivity contribution is 9.10. The van der Waals surface area contributed by atoms with Crippen molar-refractivity contribution in [2.45, 2.75) is 13.3 Å². The van der Waals surface area contributed by atoms with Crippen LogP contribution in [0.15, 0.2) is 22.1 Å². The Balaban J connectivity index is 2.11. The molecule has 2 rings (SSSR count). The Morgan fingerprint density at radius 3 is 2.95 bits per heavy atom. The second-order valence-electron chi connectivity index (χ2n) is 3.89. The van der Waals surface area contributed by atoms with Gasteiger partial charge >= 0.3 is 0 Å². The fourth-order valence-corrected chi connectivity index (χ4v) is 2.69. The first kappa shape index (κ1) is 14.1. The van der Waals surface area contributed by atoms with E-state index in [0.717, 1.165) is 15.3 Å². The molecule has 0 saturated carbocycles. The Morgan fingerprint density at radius 2 is 2.26 bits per heavy atom. The minimum absolute atomic E-state index is 0.230. The van der Waals surface area contributed by atoms with Crippen molar-refractivity contribution >= 4 is 38.9 Å². The zero-order valence-electron chi connectivity index (χ0n) is 10.3. The molecule has 100 valence electrons. The molecule has 19 heavy (non-hydrogen) atoms. The van der Waals surface area contributed by atoms with Crippen molar-refractivity contribution in [1.29, 1.82) is 0 Å². The summed E-state index contributed by atoms with van der Waals surface area (Å²) >= 11 is 4.73. The normalized spacial score (nSPS) is 10.5. The van der Waals surface area contributed by atoms with E-state index in [0.29, 0.717) is 24.3 Å². The predicted octanol–water partition coefficient (Wildman–Crippen LogP) is 2.36. The number of carbonyl (C=O) groups excluding carboxylic acids is 1. The first-order valence-corrected chi connectivity index (χ1v) is 7.36. The van der Waals surface area contributed by atoms with Gasteiger partial charge in [0.25, 0.3) is 5.91 Å². The highest BCUT2D eigenvalue weighted by atomic mass is 79.9. The number of halogens is 1. The van der Waals surface area contributed by atoms with Crippen LogP contribution in [0.4, 0.5) is 5.69 Å². The van der Waals surface area contributed by atoms with Crippen LogP contribution in [0.5, 0.6) is 0 Å². The van der Waals surface area contributed by atoms with Gasteiger partial charge in [0.05, 0.1) is 16.4 Å². The summed E-state index contributed by atoms with van der Waals surface area (Å²) in [5.41, 5.74) is 7.30. The molecule has 2 aromatic rings. The number of aromatic nitrogens is 2. The second-order valence-corrected chi connectivity index (χ2v) is 5.64. The van der Waals surface area contributed by atoms with Crippen molar-refractivity contribution < 1.29 is 4.79 Å². The molecule has 0 aliphatic carbocycles. The Hall–Kier alpha value is -1.31. The molecule has 0 aromatic carbocycles. The fraction of sp³-hybridized carbons (Fsp3) is 0.250. The third kappa shape index (κ3) is 3.59. The van der Waals surface area contributed by atoms with Gasteiger partial charge in [0, 0.05) is 11.8 Å². The SMILES string of the molecule is Cc1nc(Br)ccc1NC(=O)c1csc(CCN)n1. The smallest absolute Gasteiger partial charge is 0.275 e. The minimum atomic E-state index is -0.230. The third-order valence-corrected chi connectivity index (χ3v) is 3.79. The largest absolute Gasteiger partial charge is 0.330 e. The van der Waals surface area contributed by atoms with Crippen LogP contribution in [0.1, 0.15) is 21.2 Å². The fourth-order valence-electron chi connectivity index (χ4n) is 1.50. The van der Waals surface area contributed by atoms with Crippen LogP contribution in [-0.2, 0) is 6.42 Å². The topological polar surface area (TPSA) is 80.9 Å². The first-order chi connectivity index (χ1) is 9.10. The second kappa shape index (κ2) is 6.23. The summed E-state index contributed by atoms with van der Waals surface area (Å²) in [5.74, 6) is -0.230. The van der Waals surface area contributed by atoms with Crippen molar-refractivity contribution in [2.75, 3.05) is 11.9 Å². The summed E-state index contributed by atoms with van der Waals surface area (Å²) in [4.78, 5) is 20.5. The van der Waals surface area contributed by atoms with Gasteiger partial charge in [-0.25, -0.2) is 9.97 Å². The van der Waals surface area contributed by atoms with E-state index in [-0.39, 0.29) is 5.91 Å². The number of carbonyl (C=O) groups is 1. The van der Waals surface area contributed by atoms with Crippen LogP contribution in [0.25, 0.3) is 0 Å². The zero-order chi connectivity index (χ0) is 13.8. The molecule has 7 heteroatoms. The van der Waals surface area contributed by atoms with Gasteiger partial charge in [0.15, 0.2) is 0 Å². The standard InChI is InChI=1S/C12H13BrN4OS/c1-7-8(2-3-10(13)15-7)17-12(18)9-6-19-11(16-9)4-5-14/h2-3,6H,4-5,14H2,1H3,(H,17,18). The number of rotatable bonds is 4. The Kier molecular flexibility index (Phi) is 4.62. The lowest BCUT2D eigenvalue weighted by atomic mass is 10.3. The summed E-state index contributed by atoms with van der Waals surface area (Å²) in [7, 11) is 0. The van der Waals surface area contributed by atoms with E-state index < -0.39 is 0 Å². The Bertz CT molecular complexity index is 599. The molecular weight excluding hydrogens is 328 g/mol. The number of nitrogens with two attached hydrogens (primary N) is 1. The number of pyridine rings is 1. The maximum absolute atomic E-state index is 12.0. The van der Waals surface area contributed by atoms with E-state index in [4.69, 9.17) is 5.73 Å². The monoisotopic (exact) mass is 340 g/mol. The predicted molar refractivity (Wildman–Crippen MR) is 79.5 cm³/mol. The Morgan fingerprint density at radius 1 is 1.47 bits per heavy atom. The molecule has 0 bridgehead atoms. The van der Waals surface area contributed by atoms with Gasteiger partial charge in [-0.05, 0) is 41.5 Å². The number of nitrogens with one attached hydrogen (secondary N) is 1. The molecule has 1 amide bonds. The number of hydrogen-bond donors (Lipinski definition) is 2. The molecule has 0 radical (unpaired) electrons. The lowest BCUT2D eigenvalue weighted by Gasteiger charge is -2.06. The van der Waals surface area contributed by atoms with E-state index in [1.807, 2.05) is 6.92 Å².